The molecule has 2 aromatic carbocycles. The van der Waals surface area contributed by atoms with Crippen LogP contribution in [-0.2, 0) is 14.3 Å². The number of anilines is 1. The van der Waals surface area contributed by atoms with E-state index in [0.717, 1.165) is 17.5 Å². The van der Waals surface area contributed by atoms with E-state index in [4.69, 9.17) is 18.9 Å². The Bertz CT molecular complexity index is 864. The van der Waals surface area contributed by atoms with E-state index < -0.39 is 18.5 Å². The summed E-state index contributed by atoms with van der Waals surface area (Å²) < 4.78 is 21.5. The van der Waals surface area contributed by atoms with Crippen molar-refractivity contribution in [1.82, 2.24) is 0 Å². The highest BCUT2D eigenvalue weighted by Crippen LogP contribution is 2.32. The second-order valence-corrected chi connectivity index (χ2v) is 6.48. The van der Waals surface area contributed by atoms with Crippen LogP contribution < -0.4 is 19.5 Å². The van der Waals surface area contributed by atoms with E-state index in [9.17, 15) is 9.59 Å². The van der Waals surface area contributed by atoms with Crippen LogP contribution in [0.4, 0.5) is 5.69 Å². The molecule has 0 unspecified atom stereocenters. The molecule has 1 aliphatic rings. The minimum absolute atomic E-state index is 0.263. The summed E-state index contributed by atoms with van der Waals surface area (Å²) in [6.45, 7) is 4.37. The number of nitrogens with one attached hydrogen (secondary N) is 1. The van der Waals surface area contributed by atoms with E-state index in [1.54, 1.807) is 24.3 Å². The number of ether oxygens (including phenoxy) is 4. The Morgan fingerprint density at radius 1 is 1.00 bits per heavy atom. The van der Waals surface area contributed by atoms with Crippen LogP contribution in [0.3, 0.4) is 0 Å². The number of rotatable bonds is 6. The lowest BCUT2D eigenvalue weighted by atomic mass is 10.1. The molecular formula is C21H23NO6. The summed E-state index contributed by atoms with van der Waals surface area (Å²) in [6, 6.07) is 10.8. The zero-order valence-corrected chi connectivity index (χ0v) is 15.9. The average Bonchev–Trinajstić information content (AvgIpc) is 2.90. The Hall–Kier alpha value is -3.22. The highest BCUT2D eigenvalue weighted by molar-refractivity contribution is 5.93. The topological polar surface area (TPSA) is 83.1 Å². The first kappa shape index (κ1) is 19.5. The number of esters is 1. The van der Waals surface area contributed by atoms with Crippen molar-refractivity contribution in [3.63, 3.8) is 0 Å². The first-order chi connectivity index (χ1) is 13.5. The van der Waals surface area contributed by atoms with E-state index in [0.29, 0.717) is 36.1 Å². The van der Waals surface area contributed by atoms with Gasteiger partial charge in [-0.15, -0.1) is 0 Å². The third-order valence-electron chi connectivity index (χ3n) is 4.07. The molecule has 0 bridgehead atoms. The number of hydrogen-bond donors (Lipinski definition) is 1. The zero-order chi connectivity index (χ0) is 19.9. The summed E-state index contributed by atoms with van der Waals surface area (Å²) in [6.07, 6.45) is 0.802. The number of carbonyl (C=O) groups excluding carboxylic acids is 2. The van der Waals surface area contributed by atoms with Gasteiger partial charge in [-0.05, 0) is 37.6 Å². The number of aryl methyl sites for hydroxylation is 2. The number of fused-ring (bicyclic) bond motifs is 1. The van der Waals surface area contributed by atoms with Crippen LogP contribution in [-0.4, -0.2) is 38.3 Å². The normalized spacial score (nSPS) is 12.6. The number of benzene rings is 2. The van der Waals surface area contributed by atoms with Gasteiger partial charge in [0.1, 0.15) is 5.75 Å². The van der Waals surface area contributed by atoms with Crippen LogP contribution in [0.2, 0.25) is 0 Å². The highest BCUT2D eigenvalue weighted by Gasteiger charge is 2.13. The largest absolute Gasteiger partial charge is 0.490 e. The Morgan fingerprint density at radius 2 is 1.79 bits per heavy atom. The maximum absolute atomic E-state index is 12.0. The van der Waals surface area contributed by atoms with Gasteiger partial charge in [0, 0.05) is 18.2 Å². The van der Waals surface area contributed by atoms with Crippen molar-refractivity contribution < 1.29 is 28.5 Å². The number of amides is 1. The van der Waals surface area contributed by atoms with E-state index in [2.05, 4.69) is 5.32 Å². The summed E-state index contributed by atoms with van der Waals surface area (Å²) in [5, 5.41) is 2.66. The molecule has 0 radical (unpaired) electrons. The summed E-state index contributed by atoms with van der Waals surface area (Å²) in [4.78, 5) is 23.8. The first-order valence-electron chi connectivity index (χ1n) is 9.06. The van der Waals surface area contributed by atoms with Gasteiger partial charge in [0.05, 0.1) is 13.2 Å². The second kappa shape index (κ2) is 9.12. The van der Waals surface area contributed by atoms with E-state index >= 15 is 0 Å². The Kier molecular flexibility index (Phi) is 6.37. The monoisotopic (exact) mass is 385 g/mol. The van der Waals surface area contributed by atoms with Gasteiger partial charge in [0.15, 0.2) is 24.7 Å². The number of hydrogen-bond acceptors (Lipinski definition) is 6. The van der Waals surface area contributed by atoms with Crippen LogP contribution in [0.5, 0.6) is 17.2 Å². The molecule has 0 aromatic heterocycles. The molecule has 1 N–H and O–H groups in total. The summed E-state index contributed by atoms with van der Waals surface area (Å²) in [5.41, 5.74) is 2.58. The molecule has 1 aliphatic heterocycles. The standard InChI is InChI=1S/C21H23NO6/c1-14-4-6-17(15(2)10-14)27-13-21(24)28-12-20(23)22-16-5-7-18-19(11-16)26-9-3-8-25-18/h4-7,10-11H,3,8-9,12-13H2,1-2H3,(H,22,23). The minimum Gasteiger partial charge on any atom is -0.490 e. The lowest BCUT2D eigenvalue weighted by Crippen LogP contribution is -2.23. The van der Waals surface area contributed by atoms with Crippen LogP contribution in [0.1, 0.15) is 17.5 Å². The fourth-order valence-electron chi connectivity index (χ4n) is 2.72. The molecular weight excluding hydrogens is 362 g/mol. The third kappa shape index (κ3) is 5.39. The van der Waals surface area contributed by atoms with E-state index in [-0.39, 0.29) is 6.61 Å². The molecule has 148 valence electrons. The van der Waals surface area contributed by atoms with Gasteiger partial charge in [0.25, 0.3) is 5.91 Å². The predicted octanol–water partition coefficient (Wildman–Crippen LogP) is 3.03. The van der Waals surface area contributed by atoms with Gasteiger partial charge in [0.2, 0.25) is 0 Å². The molecule has 3 rings (SSSR count). The van der Waals surface area contributed by atoms with E-state index in [1.165, 1.54) is 0 Å². The molecule has 0 saturated carbocycles. The van der Waals surface area contributed by atoms with Crippen molar-refractivity contribution in [1.29, 1.82) is 0 Å². The molecule has 2 aromatic rings. The van der Waals surface area contributed by atoms with Gasteiger partial charge in [-0.3, -0.25) is 4.79 Å². The third-order valence-corrected chi connectivity index (χ3v) is 4.07. The fourth-order valence-corrected chi connectivity index (χ4v) is 2.72. The lowest BCUT2D eigenvalue weighted by Gasteiger charge is -2.11. The molecule has 7 heteroatoms. The van der Waals surface area contributed by atoms with Crippen LogP contribution in [0.25, 0.3) is 0 Å². The number of carbonyl (C=O) groups is 2. The maximum atomic E-state index is 12.0. The molecule has 1 amide bonds. The van der Waals surface area contributed by atoms with Gasteiger partial charge >= 0.3 is 5.97 Å². The van der Waals surface area contributed by atoms with Crippen molar-refractivity contribution in [3.8, 4) is 17.2 Å². The fraction of sp³-hybridized carbons (Fsp3) is 0.333. The molecule has 1 heterocycles. The van der Waals surface area contributed by atoms with Crippen molar-refractivity contribution in [2.75, 3.05) is 31.7 Å². The van der Waals surface area contributed by atoms with Gasteiger partial charge in [-0.25, -0.2) is 4.79 Å². The zero-order valence-electron chi connectivity index (χ0n) is 15.9. The molecule has 0 fully saturated rings. The van der Waals surface area contributed by atoms with Crippen molar-refractivity contribution >= 4 is 17.6 Å². The first-order valence-corrected chi connectivity index (χ1v) is 9.06. The van der Waals surface area contributed by atoms with Crippen molar-refractivity contribution in [2.45, 2.75) is 20.3 Å². The molecule has 0 atom stereocenters. The summed E-state index contributed by atoms with van der Waals surface area (Å²) >= 11 is 0. The van der Waals surface area contributed by atoms with Gasteiger partial charge in [-0.2, -0.15) is 0 Å². The Labute approximate surface area is 163 Å². The smallest absolute Gasteiger partial charge is 0.344 e. The molecule has 7 nitrogen and oxygen atoms in total. The quantitative estimate of drug-likeness (QED) is 0.770. The van der Waals surface area contributed by atoms with Gasteiger partial charge in [-0.1, -0.05) is 17.7 Å². The second-order valence-electron chi connectivity index (χ2n) is 6.48. The SMILES string of the molecule is Cc1ccc(OCC(=O)OCC(=O)Nc2ccc3c(c2)OCCCO3)c(C)c1. The average molecular weight is 385 g/mol. The molecule has 0 saturated heterocycles. The van der Waals surface area contributed by atoms with Gasteiger partial charge < -0.3 is 24.3 Å². The maximum Gasteiger partial charge on any atom is 0.344 e. The summed E-state index contributed by atoms with van der Waals surface area (Å²) in [7, 11) is 0. The van der Waals surface area contributed by atoms with E-state index in [1.807, 2.05) is 26.0 Å². The van der Waals surface area contributed by atoms with Crippen molar-refractivity contribution in [3.05, 3.63) is 47.5 Å². The van der Waals surface area contributed by atoms with Crippen LogP contribution >= 0.6 is 0 Å². The van der Waals surface area contributed by atoms with Crippen LogP contribution in [0, 0.1) is 13.8 Å². The predicted molar refractivity (Wildman–Crippen MR) is 103 cm³/mol. The highest BCUT2D eigenvalue weighted by atomic mass is 16.6. The minimum atomic E-state index is -0.617. The Balaban J connectivity index is 1.45. The van der Waals surface area contributed by atoms with Crippen molar-refractivity contribution in [2.24, 2.45) is 0 Å². The van der Waals surface area contributed by atoms with Crippen LogP contribution in [0.15, 0.2) is 36.4 Å². The Morgan fingerprint density at radius 3 is 2.57 bits per heavy atom. The molecule has 28 heavy (non-hydrogen) atoms. The lowest BCUT2D eigenvalue weighted by molar-refractivity contribution is -0.149. The molecule has 0 spiro atoms. The summed E-state index contributed by atoms with van der Waals surface area (Å²) in [5.74, 6) is 0.766. The molecule has 0 aliphatic carbocycles.